The molecule has 0 unspecified atom stereocenters. The SMILES string of the molecule is Cc1c(C(Cl)(Cl)Cl)cc(C(Cl)(Cl)Cl)cc1C(Cl)(Cl)Cl. The van der Waals surface area contributed by atoms with Crippen LogP contribution in [-0.4, -0.2) is 0 Å². The van der Waals surface area contributed by atoms with Gasteiger partial charge >= 0.3 is 0 Å². The van der Waals surface area contributed by atoms with Gasteiger partial charge in [0.05, 0.1) is 0 Å². The smallest absolute Gasteiger partial charge is 0.0784 e. The Hall–Kier alpha value is 1.83. The predicted molar refractivity (Wildman–Crippen MR) is 88.9 cm³/mol. The van der Waals surface area contributed by atoms with E-state index in [0.717, 1.165) is 0 Å². The molecule has 0 nitrogen and oxygen atoms in total. The molecule has 9 heteroatoms. The zero-order valence-electron chi connectivity index (χ0n) is 9.06. The quantitative estimate of drug-likeness (QED) is 0.364. The van der Waals surface area contributed by atoms with Crippen LogP contribution < -0.4 is 0 Å². The van der Waals surface area contributed by atoms with E-state index in [4.69, 9.17) is 104 Å². The summed E-state index contributed by atoms with van der Waals surface area (Å²) in [5.41, 5.74) is 1.30. The van der Waals surface area contributed by atoms with Crippen molar-refractivity contribution < 1.29 is 0 Å². The number of rotatable bonds is 0. The topological polar surface area (TPSA) is 0 Å². The van der Waals surface area contributed by atoms with E-state index in [1.54, 1.807) is 6.92 Å². The fraction of sp³-hybridized carbons (Fsp3) is 0.400. The van der Waals surface area contributed by atoms with Gasteiger partial charge in [0.25, 0.3) is 0 Å². The highest BCUT2D eigenvalue weighted by Crippen LogP contribution is 2.49. The number of hydrogen-bond donors (Lipinski definition) is 0. The van der Waals surface area contributed by atoms with Crippen LogP contribution in [-0.2, 0) is 11.4 Å². The Bertz CT molecular complexity index is 440. The lowest BCUT2D eigenvalue weighted by Crippen LogP contribution is -2.14. The Morgan fingerprint density at radius 1 is 0.632 bits per heavy atom. The summed E-state index contributed by atoms with van der Waals surface area (Å²) in [4.78, 5) is 0. The lowest BCUT2D eigenvalue weighted by atomic mass is 10.0. The summed E-state index contributed by atoms with van der Waals surface area (Å²) >= 11 is 52.8. The molecule has 0 radical (unpaired) electrons. The molecule has 1 aromatic rings. The lowest BCUT2D eigenvalue weighted by Gasteiger charge is -2.24. The first-order valence-corrected chi connectivity index (χ1v) is 8.01. The van der Waals surface area contributed by atoms with Gasteiger partial charge in [0.1, 0.15) is 0 Å². The number of halogens is 9. The summed E-state index contributed by atoms with van der Waals surface area (Å²) in [6.45, 7) is 1.65. The molecule has 0 aliphatic rings. The van der Waals surface area contributed by atoms with Crippen LogP contribution in [0.4, 0.5) is 0 Å². The van der Waals surface area contributed by atoms with Crippen molar-refractivity contribution in [1.29, 1.82) is 0 Å². The predicted octanol–water partition coefficient (Wildman–Crippen LogP) is 7.48. The minimum absolute atomic E-state index is 0.241. The molecule has 108 valence electrons. The highest BCUT2D eigenvalue weighted by Gasteiger charge is 2.35. The third-order valence-corrected chi connectivity index (χ3v) is 4.22. The van der Waals surface area contributed by atoms with Crippen molar-refractivity contribution >= 4 is 104 Å². The van der Waals surface area contributed by atoms with Gasteiger partial charge in [-0.05, 0) is 24.6 Å². The van der Waals surface area contributed by atoms with Crippen LogP contribution in [0.2, 0.25) is 0 Å². The standard InChI is InChI=1S/C10H5Cl9/c1-4-6(9(14,15)16)2-5(8(11,12)13)3-7(4)10(17,18)19/h2-3H,1H3. The van der Waals surface area contributed by atoms with Crippen LogP contribution in [0.1, 0.15) is 22.3 Å². The van der Waals surface area contributed by atoms with Crippen molar-refractivity contribution in [3.05, 3.63) is 34.4 Å². The first kappa shape index (κ1) is 18.9. The van der Waals surface area contributed by atoms with Gasteiger partial charge in [0, 0.05) is 16.7 Å². The zero-order chi connectivity index (χ0) is 15.2. The first-order chi connectivity index (χ1) is 8.24. The number of alkyl halides is 9. The van der Waals surface area contributed by atoms with Crippen LogP contribution in [0.25, 0.3) is 0 Å². The van der Waals surface area contributed by atoms with Crippen LogP contribution in [0.5, 0.6) is 0 Å². The van der Waals surface area contributed by atoms with Crippen molar-refractivity contribution in [2.75, 3.05) is 0 Å². The molecule has 0 heterocycles. The van der Waals surface area contributed by atoms with Gasteiger partial charge in [0.15, 0.2) is 0 Å². The van der Waals surface area contributed by atoms with Crippen LogP contribution >= 0.6 is 104 Å². The molecule has 0 bridgehead atoms. The summed E-state index contributed by atoms with van der Waals surface area (Å²) in [6, 6.07) is 2.91. The Labute approximate surface area is 156 Å². The molecule has 1 rings (SSSR count). The van der Waals surface area contributed by atoms with E-state index in [2.05, 4.69) is 0 Å². The Morgan fingerprint density at radius 3 is 1.16 bits per heavy atom. The molecule has 0 saturated heterocycles. The van der Waals surface area contributed by atoms with E-state index in [0.29, 0.717) is 5.56 Å². The molecule has 19 heavy (non-hydrogen) atoms. The number of benzene rings is 1. The fourth-order valence-electron chi connectivity index (χ4n) is 1.47. The molecule has 0 aromatic heterocycles. The lowest BCUT2D eigenvalue weighted by molar-refractivity contribution is 1.07. The molecule has 0 saturated carbocycles. The van der Waals surface area contributed by atoms with Crippen molar-refractivity contribution in [1.82, 2.24) is 0 Å². The summed E-state index contributed by atoms with van der Waals surface area (Å²) in [7, 11) is 0. The third kappa shape index (κ3) is 4.91. The van der Waals surface area contributed by atoms with E-state index in [9.17, 15) is 0 Å². The minimum atomic E-state index is -1.74. The zero-order valence-corrected chi connectivity index (χ0v) is 15.9. The van der Waals surface area contributed by atoms with Gasteiger partial charge < -0.3 is 0 Å². The molecular formula is C10H5Cl9. The fourth-order valence-corrected chi connectivity index (χ4v) is 2.97. The van der Waals surface area contributed by atoms with Crippen LogP contribution in [0, 0.1) is 6.92 Å². The Kier molecular flexibility index (Phi) is 6.10. The van der Waals surface area contributed by atoms with Gasteiger partial charge in [-0.2, -0.15) is 0 Å². The van der Waals surface area contributed by atoms with Gasteiger partial charge in [-0.15, -0.1) is 0 Å². The van der Waals surface area contributed by atoms with Crippen molar-refractivity contribution in [2.45, 2.75) is 18.3 Å². The Morgan fingerprint density at radius 2 is 0.947 bits per heavy atom. The Balaban J connectivity index is 3.68. The van der Waals surface area contributed by atoms with Crippen molar-refractivity contribution in [2.24, 2.45) is 0 Å². The maximum Gasteiger partial charge on any atom is 0.216 e. The third-order valence-electron chi connectivity index (χ3n) is 2.35. The summed E-state index contributed by atoms with van der Waals surface area (Å²) < 4.78 is -5.20. The van der Waals surface area contributed by atoms with E-state index >= 15 is 0 Å². The van der Waals surface area contributed by atoms with Gasteiger partial charge in [0.2, 0.25) is 11.4 Å². The normalized spacial score (nSPS) is 13.8. The van der Waals surface area contributed by atoms with Crippen LogP contribution in [0.15, 0.2) is 12.1 Å². The molecule has 0 aliphatic carbocycles. The summed E-state index contributed by atoms with van der Waals surface area (Å²) in [5.74, 6) is 0. The average Bonchev–Trinajstić information content (AvgIpc) is 2.11. The molecule has 0 atom stereocenters. The molecule has 0 amide bonds. The van der Waals surface area contributed by atoms with Gasteiger partial charge in [-0.1, -0.05) is 104 Å². The molecule has 0 spiro atoms. The molecule has 1 aromatic carbocycles. The second-order valence-electron chi connectivity index (χ2n) is 3.69. The minimum Gasteiger partial charge on any atom is -0.0784 e. The molecule has 0 fully saturated rings. The molecule has 0 aliphatic heterocycles. The summed E-state index contributed by atoms with van der Waals surface area (Å²) in [5, 5.41) is 0. The van der Waals surface area contributed by atoms with Crippen molar-refractivity contribution in [3.8, 4) is 0 Å². The van der Waals surface area contributed by atoms with E-state index < -0.39 is 11.4 Å². The maximum absolute atomic E-state index is 5.88. The first-order valence-electron chi connectivity index (χ1n) is 4.61. The summed E-state index contributed by atoms with van der Waals surface area (Å²) in [6.07, 6.45) is 0. The van der Waals surface area contributed by atoms with Gasteiger partial charge in [-0.3, -0.25) is 0 Å². The number of hydrogen-bond acceptors (Lipinski definition) is 0. The van der Waals surface area contributed by atoms with E-state index in [-0.39, 0.29) is 16.7 Å². The molecule has 0 N–H and O–H groups in total. The average molecular weight is 444 g/mol. The highest BCUT2D eigenvalue weighted by molar-refractivity contribution is 6.68. The second-order valence-corrected chi connectivity index (χ2v) is 10.5. The van der Waals surface area contributed by atoms with E-state index in [1.165, 1.54) is 12.1 Å². The van der Waals surface area contributed by atoms with Crippen LogP contribution in [0.3, 0.4) is 0 Å². The van der Waals surface area contributed by atoms with Gasteiger partial charge in [-0.25, -0.2) is 0 Å². The monoisotopic (exact) mass is 440 g/mol. The maximum atomic E-state index is 5.88. The molecular weight excluding hydrogens is 439 g/mol. The largest absolute Gasteiger partial charge is 0.216 e. The highest BCUT2D eigenvalue weighted by atomic mass is 35.6. The van der Waals surface area contributed by atoms with Crippen molar-refractivity contribution in [3.63, 3.8) is 0 Å². The second kappa shape index (κ2) is 6.14. The van der Waals surface area contributed by atoms with E-state index in [1.807, 2.05) is 0 Å².